The van der Waals surface area contributed by atoms with E-state index in [0.717, 1.165) is 63.3 Å². The van der Waals surface area contributed by atoms with Gasteiger partial charge < -0.3 is 15.1 Å². The molecule has 142 valence electrons. The van der Waals surface area contributed by atoms with Gasteiger partial charge in [-0.25, -0.2) is 0 Å². The van der Waals surface area contributed by atoms with Crippen LogP contribution in [-0.2, 0) is 29.2 Å². The summed E-state index contributed by atoms with van der Waals surface area (Å²) in [7, 11) is 2.05. The Bertz CT molecular complexity index is 681. The first-order valence-corrected chi connectivity index (χ1v) is 9.91. The van der Waals surface area contributed by atoms with E-state index >= 15 is 0 Å². The molecular formula is C19H29N5O2. The van der Waals surface area contributed by atoms with E-state index in [1.54, 1.807) is 0 Å². The van der Waals surface area contributed by atoms with Crippen LogP contribution in [0.2, 0.25) is 0 Å². The monoisotopic (exact) mass is 359 g/mol. The van der Waals surface area contributed by atoms with Gasteiger partial charge in [-0.2, -0.15) is 5.10 Å². The summed E-state index contributed by atoms with van der Waals surface area (Å²) in [5.41, 5.74) is 1.97. The highest BCUT2D eigenvalue weighted by atomic mass is 16.2. The van der Waals surface area contributed by atoms with Gasteiger partial charge in [-0.15, -0.1) is 0 Å². The standard InChI is InChI=1S/C19H29N5O2/c1-22-9-6-15(12-22)18(25)20-11-16-10-17-13-23(7-3-8-24(17)21-16)19(26)14-4-2-5-14/h10,14-15H,2-9,11-13H2,1H3,(H,20,25). The number of rotatable bonds is 4. The molecule has 0 spiro atoms. The molecule has 26 heavy (non-hydrogen) atoms. The van der Waals surface area contributed by atoms with Crippen LogP contribution in [0, 0.1) is 11.8 Å². The number of hydrogen-bond donors (Lipinski definition) is 1. The third-order valence-corrected chi connectivity index (χ3v) is 6.04. The molecule has 1 saturated heterocycles. The minimum atomic E-state index is 0.0935. The molecule has 0 aromatic carbocycles. The van der Waals surface area contributed by atoms with Crippen molar-refractivity contribution in [3.05, 3.63) is 17.5 Å². The SMILES string of the molecule is CN1CCC(C(=O)NCc2cc3n(n2)CCCN(C(=O)C2CCC2)C3)C1. The van der Waals surface area contributed by atoms with Gasteiger partial charge in [0, 0.05) is 25.6 Å². The predicted octanol–water partition coefficient (Wildman–Crippen LogP) is 0.983. The molecule has 3 aliphatic rings. The topological polar surface area (TPSA) is 70.5 Å². The van der Waals surface area contributed by atoms with Gasteiger partial charge in [0.15, 0.2) is 0 Å². The van der Waals surface area contributed by atoms with Crippen molar-refractivity contribution in [3.63, 3.8) is 0 Å². The van der Waals surface area contributed by atoms with Gasteiger partial charge in [0.05, 0.1) is 30.4 Å². The van der Waals surface area contributed by atoms with Gasteiger partial charge >= 0.3 is 0 Å². The van der Waals surface area contributed by atoms with Crippen LogP contribution < -0.4 is 5.32 Å². The summed E-state index contributed by atoms with van der Waals surface area (Å²) < 4.78 is 2.01. The van der Waals surface area contributed by atoms with E-state index in [-0.39, 0.29) is 17.7 Å². The number of aryl methyl sites for hydroxylation is 1. The third kappa shape index (κ3) is 3.63. The molecule has 0 radical (unpaired) electrons. The van der Waals surface area contributed by atoms with Crippen LogP contribution >= 0.6 is 0 Å². The summed E-state index contributed by atoms with van der Waals surface area (Å²) in [6.07, 6.45) is 5.14. The zero-order chi connectivity index (χ0) is 18.1. The van der Waals surface area contributed by atoms with Crippen molar-refractivity contribution in [1.82, 2.24) is 24.9 Å². The Hall–Kier alpha value is -1.89. The maximum atomic E-state index is 12.6. The Morgan fingerprint density at radius 3 is 2.69 bits per heavy atom. The molecule has 1 N–H and O–H groups in total. The second kappa shape index (κ2) is 7.39. The Morgan fingerprint density at radius 2 is 2.00 bits per heavy atom. The smallest absolute Gasteiger partial charge is 0.226 e. The number of aromatic nitrogens is 2. The molecule has 2 amide bonds. The molecule has 1 aliphatic carbocycles. The van der Waals surface area contributed by atoms with Crippen LogP contribution in [0.15, 0.2) is 6.07 Å². The highest BCUT2D eigenvalue weighted by Gasteiger charge is 2.31. The van der Waals surface area contributed by atoms with Crippen LogP contribution in [0.3, 0.4) is 0 Å². The molecule has 7 heteroatoms. The van der Waals surface area contributed by atoms with Crippen molar-refractivity contribution in [2.24, 2.45) is 11.8 Å². The van der Waals surface area contributed by atoms with Gasteiger partial charge in [-0.05, 0) is 45.3 Å². The van der Waals surface area contributed by atoms with Crippen molar-refractivity contribution in [3.8, 4) is 0 Å². The van der Waals surface area contributed by atoms with Crippen molar-refractivity contribution in [2.45, 2.75) is 51.7 Å². The quantitative estimate of drug-likeness (QED) is 0.870. The van der Waals surface area contributed by atoms with E-state index in [1.807, 2.05) is 15.6 Å². The number of nitrogens with zero attached hydrogens (tertiary/aromatic N) is 4. The van der Waals surface area contributed by atoms with Crippen molar-refractivity contribution < 1.29 is 9.59 Å². The Labute approximate surface area is 154 Å². The fourth-order valence-corrected chi connectivity index (χ4v) is 4.18. The summed E-state index contributed by atoms with van der Waals surface area (Å²) >= 11 is 0. The summed E-state index contributed by atoms with van der Waals surface area (Å²) in [5.74, 6) is 0.772. The molecule has 1 unspecified atom stereocenters. The van der Waals surface area contributed by atoms with Crippen LogP contribution in [-0.4, -0.2) is 58.1 Å². The fourth-order valence-electron chi connectivity index (χ4n) is 4.18. The average molecular weight is 359 g/mol. The van der Waals surface area contributed by atoms with Gasteiger partial charge in [0.25, 0.3) is 0 Å². The second-order valence-corrected chi connectivity index (χ2v) is 8.06. The molecule has 7 nitrogen and oxygen atoms in total. The summed E-state index contributed by atoms with van der Waals surface area (Å²) in [4.78, 5) is 29.1. The molecule has 3 heterocycles. The molecule has 1 saturated carbocycles. The number of fused-ring (bicyclic) bond motifs is 1. The van der Waals surface area contributed by atoms with Gasteiger partial charge in [0.2, 0.25) is 11.8 Å². The first-order chi connectivity index (χ1) is 12.6. The minimum Gasteiger partial charge on any atom is -0.350 e. The molecule has 4 rings (SSSR count). The van der Waals surface area contributed by atoms with Crippen molar-refractivity contribution in [2.75, 3.05) is 26.7 Å². The van der Waals surface area contributed by atoms with E-state index in [9.17, 15) is 9.59 Å². The molecule has 0 bridgehead atoms. The van der Waals surface area contributed by atoms with E-state index < -0.39 is 0 Å². The van der Waals surface area contributed by atoms with Gasteiger partial charge in [0.1, 0.15) is 0 Å². The lowest BCUT2D eigenvalue weighted by Gasteiger charge is -2.30. The average Bonchev–Trinajstić information content (AvgIpc) is 3.11. The molecule has 2 fully saturated rings. The molecule has 1 aromatic heterocycles. The number of amides is 2. The normalized spacial score (nSPS) is 24.0. The number of likely N-dealkylation sites (tertiary alicyclic amines) is 1. The fraction of sp³-hybridized carbons (Fsp3) is 0.737. The van der Waals surface area contributed by atoms with Gasteiger partial charge in [-0.3, -0.25) is 14.3 Å². The number of nitrogens with one attached hydrogen (secondary N) is 1. The van der Waals surface area contributed by atoms with E-state index in [2.05, 4.69) is 22.4 Å². The molecule has 1 aromatic rings. The summed E-state index contributed by atoms with van der Waals surface area (Å²) in [5, 5.41) is 7.69. The predicted molar refractivity (Wildman–Crippen MR) is 97.1 cm³/mol. The van der Waals surface area contributed by atoms with E-state index in [1.165, 1.54) is 6.42 Å². The second-order valence-electron chi connectivity index (χ2n) is 8.06. The van der Waals surface area contributed by atoms with Crippen molar-refractivity contribution in [1.29, 1.82) is 0 Å². The third-order valence-electron chi connectivity index (χ3n) is 6.04. The Balaban J connectivity index is 1.35. The highest BCUT2D eigenvalue weighted by molar-refractivity contribution is 5.80. The Morgan fingerprint density at radius 1 is 1.15 bits per heavy atom. The summed E-state index contributed by atoms with van der Waals surface area (Å²) in [6.45, 7) is 4.59. The van der Waals surface area contributed by atoms with Crippen LogP contribution in [0.4, 0.5) is 0 Å². The highest BCUT2D eigenvalue weighted by Crippen LogP contribution is 2.29. The maximum absolute atomic E-state index is 12.6. The summed E-state index contributed by atoms with van der Waals surface area (Å²) in [6, 6.07) is 2.05. The zero-order valence-electron chi connectivity index (χ0n) is 15.6. The van der Waals surface area contributed by atoms with Crippen molar-refractivity contribution >= 4 is 11.8 Å². The number of carbonyl (C=O) groups excluding carboxylic acids is 2. The van der Waals surface area contributed by atoms with Gasteiger partial charge in [-0.1, -0.05) is 6.42 Å². The number of hydrogen-bond acceptors (Lipinski definition) is 4. The first kappa shape index (κ1) is 17.5. The first-order valence-electron chi connectivity index (χ1n) is 9.91. The Kier molecular flexibility index (Phi) is 4.98. The lowest BCUT2D eigenvalue weighted by atomic mass is 9.84. The van der Waals surface area contributed by atoms with Crippen LogP contribution in [0.1, 0.15) is 43.5 Å². The molecule has 2 aliphatic heterocycles. The van der Waals surface area contributed by atoms with Crippen LogP contribution in [0.5, 0.6) is 0 Å². The van der Waals surface area contributed by atoms with E-state index in [4.69, 9.17) is 0 Å². The molecular weight excluding hydrogens is 330 g/mol. The minimum absolute atomic E-state index is 0.0935. The molecule has 1 atom stereocenters. The lowest BCUT2D eigenvalue weighted by molar-refractivity contribution is -0.138. The van der Waals surface area contributed by atoms with Crippen LogP contribution in [0.25, 0.3) is 0 Å². The lowest BCUT2D eigenvalue weighted by Crippen LogP contribution is -2.38. The zero-order valence-corrected chi connectivity index (χ0v) is 15.6. The number of carbonyl (C=O) groups is 2. The van der Waals surface area contributed by atoms with E-state index in [0.29, 0.717) is 19.0 Å². The largest absolute Gasteiger partial charge is 0.350 e. The maximum Gasteiger partial charge on any atom is 0.226 e.